The lowest BCUT2D eigenvalue weighted by Gasteiger charge is -2.00. The van der Waals surface area contributed by atoms with Crippen LogP contribution in [0.25, 0.3) is 6.08 Å². The molecule has 0 aromatic carbocycles. The minimum Gasteiger partial charge on any atom is -0.309 e. The Morgan fingerprint density at radius 3 is 2.64 bits per heavy atom. The summed E-state index contributed by atoms with van der Waals surface area (Å²) in [6, 6.07) is 0. The molecule has 0 radical (unpaired) electrons. The Morgan fingerprint density at radius 2 is 2.18 bits per heavy atom. The Morgan fingerprint density at radius 1 is 1.55 bits per heavy atom. The molecule has 0 fully saturated rings. The molecule has 0 aliphatic carbocycles. The number of nitrogens with zero attached hydrogens (tertiary/aromatic N) is 1. The molecule has 11 heavy (non-hydrogen) atoms. The lowest BCUT2D eigenvalue weighted by Crippen LogP contribution is -2.14. The molecule has 1 aromatic heterocycles. The van der Waals surface area contributed by atoms with Gasteiger partial charge in [0.05, 0.1) is 5.69 Å². The quantitative estimate of drug-likeness (QED) is 0.649. The Labute approximate surface area is 64.8 Å². The van der Waals surface area contributed by atoms with Crippen LogP contribution in [0.2, 0.25) is 0 Å². The number of rotatable bonds is 1. The van der Waals surface area contributed by atoms with Gasteiger partial charge in [-0.15, -0.1) is 0 Å². The molecular weight excluding hydrogens is 140 g/mol. The third kappa shape index (κ3) is 1.37. The number of H-pyrrole nitrogens is 1. The lowest BCUT2D eigenvalue weighted by molar-refractivity contribution is 0.980. The zero-order chi connectivity index (χ0) is 8.43. The summed E-state index contributed by atoms with van der Waals surface area (Å²) in [5, 5.41) is 0. The monoisotopic (exact) mass is 150 g/mol. The van der Waals surface area contributed by atoms with Gasteiger partial charge in [-0.25, -0.2) is 4.79 Å². The molecule has 3 heteroatoms. The van der Waals surface area contributed by atoms with Gasteiger partial charge in [0.2, 0.25) is 0 Å². The highest BCUT2D eigenvalue weighted by Gasteiger charge is 1.99. The van der Waals surface area contributed by atoms with Crippen molar-refractivity contribution in [3.63, 3.8) is 0 Å². The maximum Gasteiger partial charge on any atom is 0.345 e. The summed E-state index contributed by atoms with van der Waals surface area (Å²) < 4.78 is 0. The highest BCUT2D eigenvalue weighted by molar-refractivity contribution is 5.51. The van der Waals surface area contributed by atoms with Crippen molar-refractivity contribution in [1.82, 2.24) is 9.97 Å². The maximum absolute atomic E-state index is 10.8. The average Bonchev–Trinajstić information content (AvgIpc) is 1.85. The van der Waals surface area contributed by atoms with Crippen molar-refractivity contribution in [3.8, 4) is 0 Å². The van der Waals surface area contributed by atoms with Crippen LogP contribution in [-0.4, -0.2) is 9.97 Å². The van der Waals surface area contributed by atoms with E-state index in [4.69, 9.17) is 0 Å². The Hall–Kier alpha value is -1.38. The fourth-order valence-electron chi connectivity index (χ4n) is 1.04. The summed E-state index contributed by atoms with van der Waals surface area (Å²) in [6.45, 7) is 7.24. The molecule has 1 rings (SSSR count). The van der Waals surface area contributed by atoms with Gasteiger partial charge in [0.1, 0.15) is 0 Å². The van der Waals surface area contributed by atoms with Gasteiger partial charge in [-0.2, -0.15) is 4.98 Å². The minimum absolute atomic E-state index is 0.300. The van der Waals surface area contributed by atoms with E-state index in [2.05, 4.69) is 16.5 Å². The van der Waals surface area contributed by atoms with Gasteiger partial charge < -0.3 is 4.98 Å². The number of aromatic amines is 1. The molecule has 0 aliphatic heterocycles. The molecular formula is C8H10N2O. The van der Waals surface area contributed by atoms with E-state index in [1.807, 2.05) is 6.92 Å². The normalized spacial score (nSPS) is 9.64. The summed E-state index contributed by atoms with van der Waals surface area (Å²) in [7, 11) is 0. The Bertz CT molecular complexity index is 312. The zero-order valence-corrected chi connectivity index (χ0v) is 6.64. The van der Waals surface area contributed by atoms with Crippen LogP contribution < -0.4 is 5.69 Å². The SMILES string of the molecule is C=Cc1c(C)nc(=O)[nH]c1C. The Balaban J connectivity index is 3.48. The van der Waals surface area contributed by atoms with Crippen molar-refractivity contribution >= 4 is 6.08 Å². The first kappa shape index (κ1) is 7.72. The summed E-state index contributed by atoms with van der Waals surface area (Å²) >= 11 is 0. The second-order valence-electron chi connectivity index (χ2n) is 2.37. The topological polar surface area (TPSA) is 45.8 Å². The zero-order valence-electron chi connectivity index (χ0n) is 6.64. The van der Waals surface area contributed by atoms with Crippen molar-refractivity contribution in [2.75, 3.05) is 0 Å². The first-order valence-electron chi connectivity index (χ1n) is 3.35. The molecule has 0 bridgehead atoms. The molecule has 0 amide bonds. The van der Waals surface area contributed by atoms with Crippen LogP contribution in [0.5, 0.6) is 0 Å². The minimum atomic E-state index is -0.300. The van der Waals surface area contributed by atoms with Crippen LogP contribution in [0.15, 0.2) is 11.4 Å². The van der Waals surface area contributed by atoms with Crippen LogP contribution in [-0.2, 0) is 0 Å². The molecule has 0 aliphatic rings. The summed E-state index contributed by atoms with van der Waals surface area (Å²) in [5.74, 6) is 0. The summed E-state index contributed by atoms with van der Waals surface area (Å²) in [5.41, 5.74) is 2.15. The smallest absolute Gasteiger partial charge is 0.309 e. The third-order valence-corrected chi connectivity index (χ3v) is 1.56. The standard InChI is InChI=1S/C8H10N2O/c1-4-7-5(2)9-8(11)10-6(7)3/h4H,1H2,2-3H3,(H,9,10,11). The van der Waals surface area contributed by atoms with Gasteiger partial charge in [-0.3, -0.25) is 0 Å². The van der Waals surface area contributed by atoms with E-state index in [0.717, 1.165) is 17.0 Å². The number of hydrogen-bond donors (Lipinski definition) is 1. The fraction of sp³-hybridized carbons (Fsp3) is 0.250. The number of aromatic nitrogens is 2. The van der Waals surface area contributed by atoms with Crippen molar-refractivity contribution in [1.29, 1.82) is 0 Å². The van der Waals surface area contributed by atoms with E-state index < -0.39 is 0 Å². The predicted molar refractivity (Wildman–Crippen MR) is 44.4 cm³/mol. The van der Waals surface area contributed by atoms with Crippen molar-refractivity contribution in [3.05, 3.63) is 34.0 Å². The average molecular weight is 150 g/mol. The molecule has 1 heterocycles. The summed E-state index contributed by atoms with van der Waals surface area (Å²) in [4.78, 5) is 17.1. The number of nitrogens with one attached hydrogen (secondary N) is 1. The first-order chi connectivity index (χ1) is 5.15. The molecule has 1 N–H and O–H groups in total. The highest BCUT2D eigenvalue weighted by atomic mass is 16.1. The van der Waals surface area contributed by atoms with E-state index in [9.17, 15) is 4.79 Å². The van der Waals surface area contributed by atoms with Gasteiger partial charge >= 0.3 is 5.69 Å². The predicted octanol–water partition coefficient (Wildman–Crippen LogP) is 1.03. The molecule has 0 saturated carbocycles. The van der Waals surface area contributed by atoms with E-state index in [-0.39, 0.29) is 5.69 Å². The Kier molecular flexibility index (Phi) is 1.89. The third-order valence-electron chi connectivity index (χ3n) is 1.56. The van der Waals surface area contributed by atoms with E-state index in [1.165, 1.54) is 0 Å². The maximum atomic E-state index is 10.8. The fourth-order valence-corrected chi connectivity index (χ4v) is 1.04. The van der Waals surface area contributed by atoms with Crippen LogP contribution >= 0.6 is 0 Å². The number of aryl methyl sites for hydroxylation is 2. The van der Waals surface area contributed by atoms with Crippen molar-refractivity contribution < 1.29 is 0 Å². The molecule has 0 atom stereocenters. The van der Waals surface area contributed by atoms with Gasteiger partial charge in [0, 0.05) is 11.3 Å². The van der Waals surface area contributed by atoms with Crippen LogP contribution in [0.3, 0.4) is 0 Å². The lowest BCUT2D eigenvalue weighted by atomic mass is 10.2. The molecule has 1 aromatic rings. The van der Waals surface area contributed by atoms with Crippen molar-refractivity contribution in [2.45, 2.75) is 13.8 Å². The van der Waals surface area contributed by atoms with Crippen molar-refractivity contribution in [2.24, 2.45) is 0 Å². The second kappa shape index (κ2) is 2.70. The van der Waals surface area contributed by atoms with Crippen LogP contribution in [0.4, 0.5) is 0 Å². The first-order valence-corrected chi connectivity index (χ1v) is 3.35. The number of hydrogen-bond acceptors (Lipinski definition) is 2. The molecule has 0 spiro atoms. The van der Waals surface area contributed by atoms with Gasteiger partial charge in [-0.05, 0) is 13.8 Å². The summed E-state index contributed by atoms with van der Waals surface area (Å²) in [6.07, 6.45) is 1.69. The van der Waals surface area contributed by atoms with Gasteiger partial charge in [0.25, 0.3) is 0 Å². The van der Waals surface area contributed by atoms with Gasteiger partial charge in [-0.1, -0.05) is 12.7 Å². The van der Waals surface area contributed by atoms with E-state index >= 15 is 0 Å². The molecule has 0 saturated heterocycles. The molecule has 58 valence electrons. The molecule has 3 nitrogen and oxygen atoms in total. The largest absolute Gasteiger partial charge is 0.345 e. The van der Waals surface area contributed by atoms with Gasteiger partial charge in [0.15, 0.2) is 0 Å². The van der Waals surface area contributed by atoms with E-state index in [1.54, 1.807) is 13.0 Å². The van der Waals surface area contributed by atoms with Crippen LogP contribution in [0.1, 0.15) is 17.0 Å². The second-order valence-corrected chi connectivity index (χ2v) is 2.37. The highest BCUT2D eigenvalue weighted by Crippen LogP contribution is 2.06. The van der Waals surface area contributed by atoms with E-state index in [0.29, 0.717) is 0 Å². The molecule has 0 unspecified atom stereocenters. The van der Waals surface area contributed by atoms with Crippen LogP contribution in [0, 0.1) is 13.8 Å².